The predicted octanol–water partition coefficient (Wildman–Crippen LogP) is -2.08. The van der Waals surface area contributed by atoms with E-state index in [0.29, 0.717) is 12.0 Å². The summed E-state index contributed by atoms with van der Waals surface area (Å²) >= 11 is 0. The van der Waals surface area contributed by atoms with E-state index in [4.69, 9.17) is 0 Å². The van der Waals surface area contributed by atoms with Crippen molar-refractivity contribution in [1.82, 2.24) is 4.72 Å². The van der Waals surface area contributed by atoms with E-state index in [1.807, 2.05) is 0 Å². The number of carbonyl (C=O) groups is 2. The Labute approximate surface area is 195 Å². The molecule has 6 nitrogen and oxygen atoms in total. The van der Waals surface area contributed by atoms with Gasteiger partial charge in [0.15, 0.2) is 5.78 Å². The van der Waals surface area contributed by atoms with E-state index in [-0.39, 0.29) is 81.4 Å². The average Bonchev–Trinajstić information content (AvgIpc) is 2.61. The van der Waals surface area contributed by atoms with Gasteiger partial charge in [0.1, 0.15) is 0 Å². The monoisotopic (exact) mass is 399 g/mol. The Bertz CT molecular complexity index is 836. The van der Waals surface area contributed by atoms with Crippen LogP contribution >= 0.6 is 0 Å². The second-order valence-electron chi connectivity index (χ2n) is 5.45. The molecular formula is C18H18KNO5S. The molecule has 0 aliphatic heterocycles. The Morgan fingerprint density at radius 2 is 1.54 bits per heavy atom. The predicted molar refractivity (Wildman–Crippen MR) is 90.3 cm³/mol. The number of carboxylic acid groups (broad SMARTS) is 1. The molecule has 0 fully saturated rings. The van der Waals surface area contributed by atoms with Gasteiger partial charge in [-0.2, -0.15) is 0 Å². The molecule has 1 N–H and O–H groups in total. The first-order valence-electron chi connectivity index (χ1n) is 7.75. The van der Waals surface area contributed by atoms with E-state index in [9.17, 15) is 23.1 Å². The molecule has 0 radical (unpaired) electrons. The smallest absolute Gasteiger partial charge is 0.550 e. The number of sulfonamides is 1. The van der Waals surface area contributed by atoms with Crippen molar-refractivity contribution < 1.29 is 74.5 Å². The van der Waals surface area contributed by atoms with Crippen LogP contribution in [-0.2, 0) is 21.2 Å². The van der Waals surface area contributed by atoms with Crippen molar-refractivity contribution in [2.24, 2.45) is 0 Å². The van der Waals surface area contributed by atoms with E-state index < -0.39 is 16.0 Å². The van der Waals surface area contributed by atoms with Crippen molar-refractivity contribution in [3.63, 3.8) is 0 Å². The van der Waals surface area contributed by atoms with E-state index >= 15 is 0 Å². The quantitative estimate of drug-likeness (QED) is 0.385. The minimum Gasteiger partial charge on any atom is -0.550 e. The van der Waals surface area contributed by atoms with E-state index in [1.165, 1.54) is 12.1 Å². The van der Waals surface area contributed by atoms with Crippen molar-refractivity contribution in [3.05, 3.63) is 65.7 Å². The van der Waals surface area contributed by atoms with Crippen LogP contribution in [0.5, 0.6) is 0 Å². The van der Waals surface area contributed by atoms with Gasteiger partial charge in [0, 0.05) is 24.5 Å². The van der Waals surface area contributed by atoms with Crippen LogP contribution in [-0.4, -0.2) is 26.7 Å². The van der Waals surface area contributed by atoms with Crippen molar-refractivity contribution in [1.29, 1.82) is 0 Å². The van der Waals surface area contributed by atoms with Crippen molar-refractivity contribution in [3.8, 4) is 0 Å². The van der Waals surface area contributed by atoms with Gasteiger partial charge < -0.3 is 9.90 Å². The standard InChI is InChI=1S/C18H19NO5S.K/c20-17(10-11-18(21)22)15-8-6-14(7-9-15)12-13-19-25(23,24)16-4-2-1-3-5-16;/h1-9,19H,10-13H2,(H,21,22);/q;+1/p-1. The molecule has 132 valence electrons. The Morgan fingerprint density at radius 3 is 2.12 bits per heavy atom. The Balaban J connectivity index is 0.00000338. The third kappa shape index (κ3) is 7.40. The molecule has 8 heteroatoms. The maximum Gasteiger partial charge on any atom is 1.00 e. The summed E-state index contributed by atoms with van der Waals surface area (Å²) in [6.45, 7) is 0.231. The fraction of sp³-hybridized carbons (Fsp3) is 0.222. The van der Waals surface area contributed by atoms with Crippen LogP contribution in [0.25, 0.3) is 0 Å². The first kappa shape index (κ1) is 23.2. The van der Waals surface area contributed by atoms with Crippen LogP contribution in [0.2, 0.25) is 0 Å². The topological polar surface area (TPSA) is 103 Å². The molecule has 2 aromatic carbocycles. The molecule has 2 aromatic rings. The van der Waals surface area contributed by atoms with Gasteiger partial charge in [0.2, 0.25) is 10.0 Å². The molecule has 0 aliphatic carbocycles. The number of nitrogens with one attached hydrogen (secondary N) is 1. The van der Waals surface area contributed by atoms with Gasteiger partial charge in [-0.25, -0.2) is 13.1 Å². The third-order valence-electron chi connectivity index (χ3n) is 3.59. The Hall–Kier alpha value is -0.874. The first-order chi connectivity index (χ1) is 11.9. The van der Waals surface area contributed by atoms with Gasteiger partial charge in [0.25, 0.3) is 0 Å². The minimum atomic E-state index is -3.53. The zero-order valence-electron chi connectivity index (χ0n) is 14.5. The summed E-state index contributed by atoms with van der Waals surface area (Å²) in [5.74, 6) is -1.52. The number of aliphatic carboxylic acids is 1. The van der Waals surface area contributed by atoms with Crippen LogP contribution in [0.4, 0.5) is 0 Å². The summed E-state index contributed by atoms with van der Waals surface area (Å²) < 4.78 is 26.7. The van der Waals surface area contributed by atoms with Crippen LogP contribution in [0.3, 0.4) is 0 Å². The number of hydrogen-bond donors (Lipinski definition) is 1. The van der Waals surface area contributed by atoms with Crippen LogP contribution in [0.1, 0.15) is 28.8 Å². The number of benzene rings is 2. The van der Waals surface area contributed by atoms with E-state index in [0.717, 1.165) is 5.56 Å². The van der Waals surface area contributed by atoms with Gasteiger partial charge in [-0.1, -0.05) is 42.5 Å². The van der Waals surface area contributed by atoms with Gasteiger partial charge in [-0.15, -0.1) is 0 Å². The molecule has 26 heavy (non-hydrogen) atoms. The number of rotatable bonds is 9. The van der Waals surface area contributed by atoms with Gasteiger partial charge in [-0.05, 0) is 30.5 Å². The Morgan fingerprint density at radius 1 is 0.923 bits per heavy atom. The fourth-order valence-corrected chi connectivity index (χ4v) is 3.28. The summed E-state index contributed by atoms with van der Waals surface area (Å²) in [4.78, 5) is 22.4. The molecule has 0 atom stereocenters. The number of carboxylic acids is 1. The molecule has 0 amide bonds. The Kier molecular flexibility index (Phi) is 9.87. The summed E-state index contributed by atoms with van der Waals surface area (Å²) in [6.07, 6.45) is 0.0694. The molecule has 0 heterocycles. The second-order valence-corrected chi connectivity index (χ2v) is 7.22. The van der Waals surface area contributed by atoms with Crippen molar-refractivity contribution in [2.45, 2.75) is 24.2 Å². The fourth-order valence-electron chi connectivity index (χ4n) is 2.23. The third-order valence-corrected chi connectivity index (χ3v) is 5.07. The SMILES string of the molecule is O=C([O-])CCC(=O)c1ccc(CCNS(=O)(=O)c2ccccc2)cc1.[K+]. The molecule has 0 aliphatic rings. The van der Waals surface area contributed by atoms with Gasteiger partial charge in [0.05, 0.1) is 4.90 Å². The molecule has 0 spiro atoms. The average molecular weight is 400 g/mol. The maximum absolute atomic E-state index is 12.1. The van der Waals surface area contributed by atoms with Crippen molar-refractivity contribution >= 4 is 21.8 Å². The molecule has 0 saturated carbocycles. The van der Waals surface area contributed by atoms with Gasteiger partial charge >= 0.3 is 51.4 Å². The molecule has 2 rings (SSSR count). The van der Waals surface area contributed by atoms with Crippen molar-refractivity contribution in [2.75, 3.05) is 6.54 Å². The first-order valence-corrected chi connectivity index (χ1v) is 9.23. The van der Waals surface area contributed by atoms with E-state index in [2.05, 4.69) is 4.72 Å². The molecule has 0 saturated heterocycles. The molecule has 0 aromatic heterocycles. The van der Waals surface area contributed by atoms with Crippen LogP contribution in [0, 0.1) is 0 Å². The summed E-state index contributed by atoms with van der Waals surface area (Å²) in [5.41, 5.74) is 1.29. The number of Topliss-reactive ketones (excluding diaryl/α,β-unsaturated/α-hetero) is 1. The number of carbonyl (C=O) groups excluding carboxylic acids is 2. The maximum atomic E-state index is 12.1. The van der Waals surface area contributed by atoms with Crippen LogP contribution < -0.4 is 61.2 Å². The summed E-state index contributed by atoms with van der Waals surface area (Å²) in [7, 11) is -3.53. The molecular weight excluding hydrogens is 381 g/mol. The largest absolute Gasteiger partial charge is 1.00 e. The molecule has 0 bridgehead atoms. The second kappa shape index (κ2) is 11.1. The zero-order valence-corrected chi connectivity index (χ0v) is 18.4. The van der Waals surface area contributed by atoms with Crippen LogP contribution in [0.15, 0.2) is 59.5 Å². The zero-order chi connectivity index (χ0) is 18.3. The van der Waals surface area contributed by atoms with E-state index in [1.54, 1.807) is 42.5 Å². The summed E-state index contributed by atoms with van der Waals surface area (Å²) in [6, 6.07) is 14.8. The minimum absolute atomic E-state index is 0. The normalized spacial score (nSPS) is 10.8. The summed E-state index contributed by atoms with van der Waals surface area (Å²) in [5, 5.41) is 10.4. The number of hydrogen-bond acceptors (Lipinski definition) is 5. The van der Waals surface area contributed by atoms with Gasteiger partial charge in [-0.3, -0.25) is 4.79 Å². The number of ketones is 1. The molecule has 0 unspecified atom stereocenters.